The molecule has 0 aromatic heterocycles. The average Bonchev–Trinajstić information content (AvgIpc) is 2.02. The Bertz CT molecular complexity index is 357. The summed E-state index contributed by atoms with van der Waals surface area (Å²) < 4.78 is 0. The number of fused-ring (bicyclic) bond motifs is 1. The summed E-state index contributed by atoms with van der Waals surface area (Å²) >= 11 is 1.81. The molecule has 0 radical (unpaired) electrons. The largest absolute Gasteiger partial charge is 0.294 e. The summed E-state index contributed by atoms with van der Waals surface area (Å²) in [7, 11) is 0. The third-order valence-corrected chi connectivity index (χ3v) is 3.48. The summed E-state index contributed by atoms with van der Waals surface area (Å²) in [5.74, 6) is 0.305. The van der Waals surface area contributed by atoms with Crippen LogP contribution >= 0.6 is 11.8 Å². The number of rotatable bonds is 0. The van der Waals surface area contributed by atoms with Crippen molar-refractivity contribution in [3.63, 3.8) is 0 Å². The number of thioether (sulfide) groups is 1. The number of aryl methyl sites for hydroxylation is 1. The van der Waals surface area contributed by atoms with Gasteiger partial charge in [0, 0.05) is 22.1 Å². The lowest BCUT2D eigenvalue weighted by atomic mass is 10.0. The zero-order chi connectivity index (χ0) is 9.42. The van der Waals surface area contributed by atoms with E-state index in [1.807, 2.05) is 36.9 Å². The molecule has 1 aliphatic heterocycles. The molecule has 68 valence electrons. The maximum atomic E-state index is 11.7. The van der Waals surface area contributed by atoms with Crippen molar-refractivity contribution in [3.8, 4) is 0 Å². The van der Waals surface area contributed by atoms with Crippen LogP contribution in [0.4, 0.5) is 0 Å². The zero-order valence-corrected chi connectivity index (χ0v) is 8.65. The zero-order valence-electron chi connectivity index (χ0n) is 7.83. The summed E-state index contributed by atoms with van der Waals surface area (Å²) in [6.07, 6.45) is 0.683. The summed E-state index contributed by atoms with van der Waals surface area (Å²) in [4.78, 5) is 12.9. The van der Waals surface area contributed by atoms with Crippen molar-refractivity contribution in [1.82, 2.24) is 0 Å². The number of carbonyl (C=O) groups excluding carboxylic acids is 1. The van der Waals surface area contributed by atoms with E-state index in [-0.39, 0.29) is 0 Å². The Labute approximate surface area is 82.5 Å². The number of hydrogen-bond donors (Lipinski definition) is 0. The van der Waals surface area contributed by atoms with E-state index in [4.69, 9.17) is 0 Å². The summed E-state index contributed by atoms with van der Waals surface area (Å²) in [5.41, 5.74) is 2.06. The fourth-order valence-corrected chi connectivity index (χ4v) is 2.94. The number of Topliss-reactive ketones (excluding diaryl/α,β-unsaturated/α-hetero) is 1. The molecule has 1 nitrogen and oxygen atoms in total. The molecule has 0 amide bonds. The van der Waals surface area contributed by atoms with E-state index in [1.54, 1.807) is 0 Å². The normalized spacial score (nSPS) is 21.4. The molecule has 0 aliphatic carbocycles. The second-order valence-electron chi connectivity index (χ2n) is 3.50. The van der Waals surface area contributed by atoms with Crippen LogP contribution < -0.4 is 0 Å². The molecule has 2 heteroatoms. The highest BCUT2D eigenvalue weighted by molar-refractivity contribution is 8.00. The quantitative estimate of drug-likeness (QED) is 0.628. The van der Waals surface area contributed by atoms with E-state index in [0.717, 1.165) is 16.0 Å². The minimum Gasteiger partial charge on any atom is -0.294 e. The predicted molar refractivity (Wildman–Crippen MR) is 55.4 cm³/mol. The fraction of sp³-hybridized carbons (Fsp3) is 0.364. The third kappa shape index (κ3) is 1.51. The number of benzene rings is 1. The van der Waals surface area contributed by atoms with Crippen LogP contribution in [0.3, 0.4) is 0 Å². The molecule has 0 spiro atoms. The van der Waals surface area contributed by atoms with Crippen molar-refractivity contribution in [2.45, 2.75) is 30.4 Å². The van der Waals surface area contributed by atoms with E-state index in [0.29, 0.717) is 17.5 Å². The molecule has 0 N–H and O–H groups in total. The van der Waals surface area contributed by atoms with Crippen molar-refractivity contribution in [1.29, 1.82) is 0 Å². The van der Waals surface area contributed by atoms with E-state index in [1.165, 1.54) is 0 Å². The molecule has 0 bridgehead atoms. The van der Waals surface area contributed by atoms with Crippen LogP contribution in [0.25, 0.3) is 0 Å². The summed E-state index contributed by atoms with van der Waals surface area (Å²) in [6.45, 7) is 4.11. The monoisotopic (exact) mass is 192 g/mol. The number of ketones is 1. The van der Waals surface area contributed by atoms with Crippen LogP contribution in [0, 0.1) is 6.92 Å². The minimum absolute atomic E-state index is 0.305. The van der Waals surface area contributed by atoms with Crippen molar-refractivity contribution in [2.75, 3.05) is 0 Å². The van der Waals surface area contributed by atoms with Gasteiger partial charge in [-0.3, -0.25) is 4.79 Å². The number of carbonyl (C=O) groups is 1. The highest BCUT2D eigenvalue weighted by Gasteiger charge is 2.23. The highest BCUT2D eigenvalue weighted by Crippen LogP contribution is 2.36. The molecule has 0 saturated heterocycles. The summed E-state index contributed by atoms with van der Waals surface area (Å²) in [6, 6.07) is 6.07. The summed E-state index contributed by atoms with van der Waals surface area (Å²) in [5, 5.41) is 0.432. The van der Waals surface area contributed by atoms with E-state index in [9.17, 15) is 4.79 Å². The Balaban J connectivity index is 2.55. The molecular weight excluding hydrogens is 180 g/mol. The second kappa shape index (κ2) is 3.18. The van der Waals surface area contributed by atoms with Crippen LogP contribution in [0.1, 0.15) is 29.3 Å². The van der Waals surface area contributed by atoms with Crippen molar-refractivity contribution in [3.05, 3.63) is 29.3 Å². The molecule has 1 heterocycles. The standard InChI is InChI=1S/C11H12OS/c1-7-4-3-5-10-11(7)9(12)6-8(2)13-10/h3-5,8H,6H2,1-2H3. The fourth-order valence-electron chi connectivity index (χ4n) is 1.72. The van der Waals surface area contributed by atoms with Gasteiger partial charge in [-0.2, -0.15) is 0 Å². The lowest BCUT2D eigenvalue weighted by Gasteiger charge is -2.20. The maximum Gasteiger partial charge on any atom is 0.165 e. The Hall–Kier alpha value is -0.760. The van der Waals surface area contributed by atoms with Gasteiger partial charge in [0.1, 0.15) is 0 Å². The number of hydrogen-bond acceptors (Lipinski definition) is 2. The van der Waals surface area contributed by atoms with Gasteiger partial charge in [0.05, 0.1) is 0 Å². The molecule has 0 fully saturated rings. The molecule has 1 aromatic rings. The van der Waals surface area contributed by atoms with Gasteiger partial charge >= 0.3 is 0 Å². The first-order valence-corrected chi connectivity index (χ1v) is 5.36. The Morgan fingerprint density at radius 1 is 1.46 bits per heavy atom. The third-order valence-electron chi connectivity index (χ3n) is 2.31. The molecule has 13 heavy (non-hydrogen) atoms. The highest BCUT2D eigenvalue weighted by atomic mass is 32.2. The molecule has 1 aromatic carbocycles. The molecule has 2 rings (SSSR count). The van der Waals surface area contributed by atoms with Crippen LogP contribution in [-0.2, 0) is 0 Å². The molecule has 1 atom stereocenters. The van der Waals surface area contributed by atoms with Crippen LogP contribution in [0.15, 0.2) is 23.1 Å². The topological polar surface area (TPSA) is 17.1 Å². The van der Waals surface area contributed by atoms with Crippen molar-refractivity contribution in [2.24, 2.45) is 0 Å². The van der Waals surface area contributed by atoms with Crippen LogP contribution in [0.5, 0.6) is 0 Å². The SMILES string of the molecule is Cc1cccc2c1C(=O)CC(C)S2. The molecular formula is C11H12OS. The van der Waals surface area contributed by atoms with Crippen molar-refractivity contribution >= 4 is 17.5 Å². The molecule has 1 aliphatic rings. The predicted octanol–water partition coefficient (Wildman–Crippen LogP) is 3.06. The first-order valence-electron chi connectivity index (χ1n) is 4.48. The Morgan fingerprint density at radius 3 is 3.00 bits per heavy atom. The second-order valence-corrected chi connectivity index (χ2v) is 4.98. The van der Waals surface area contributed by atoms with Crippen molar-refractivity contribution < 1.29 is 4.79 Å². The van der Waals surface area contributed by atoms with Crippen LogP contribution in [0.2, 0.25) is 0 Å². The molecule has 0 saturated carbocycles. The lowest BCUT2D eigenvalue weighted by molar-refractivity contribution is 0.0977. The minimum atomic E-state index is 0.305. The first kappa shape index (κ1) is 8.82. The lowest BCUT2D eigenvalue weighted by Crippen LogP contribution is -2.15. The van der Waals surface area contributed by atoms with Gasteiger partial charge in [-0.25, -0.2) is 0 Å². The van der Waals surface area contributed by atoms with Crippen LogP contribution in [-0.4, -0.2) is 11.0 Å². The maximum absolute atomic E-state index is 11.7. The average molecular weight is 192 g/mol. The van der Waals surface area contributed by atoms with Gasteiger partial charge in [-0.15, -0.1) is 11.8 Å². The van der Waals surface area contributed by atoms with E-state index < -0.39 is 0 Å². The Kier molecular flexibility index (Phi) is 2.16. The van der Waals surface area contributed by atoms with E-state index >= 15 is 0 Å². The van der Waals surface area contributed by atoms with Gasteiger partial charge in [0.2, 0.25) is 0 Å². The van der Waals surface area contributed by atoms with Gasteiger partial charge in [0.15, 0.2) is 5.78 Å². The van der Waals surface area contributed by atoms with Gasteiger partial charge < -0.3 is 0 Å². The smallest absolute Gasteiger partial charge is 0.165 e. The first-order chi connectivity index (χ1) is 6.18. The van der Waals surface area contributed by atoms with E-state index in [2.05, 4.69) is 6.92 Å². The van der Waals surface area contributed by atoms with Gasteiger partial charge in [-0.1, -0.05) is 19.1 Å². The molecule has 1 unspecified atom stereocenters. The Morgan fingerprint density at radius 2 is 2.23 bits per heavy atom. The van der Waals surface area contributed by atoms with Gasteiger partial charge in [-0.05, 0) is 18.6 Å². The van der Waals surface area contributed by atoms with Gasteiger partial charge in [0.25, 0.3) is 0 Å².